The van der Waals surface area contributed by atoms with Gasteiger partial charge in [0.1, 0.15) is 11.5 Å². The summed E-state index contributed by atoms with van der Waals surface area (Å²) in [5.41, 5.74) is 1.12. The number of hydrogen-bond donors (Lipinski definition) is 2. The Bertz CT molecular complexity index is 1290. The molecule has 0 aromatic heterocycles. The fourth-order valence-electron chi connectivity index (χ4n) is 5.10. The van der Waals surface area contributed by atoms with Gasteiger partial charge < -0.3 is 15.1 Å². The van der Waals surface area contributed by atoms with Crippen LogP contribution in [-0.4, -0.2) is 32.8 Å². The van der Waals surface area contributed by atoms with Crippen LogP contribution >= 0.6 is 11.6 Å². The molecule has 0 bridgehead atoms. The van der Waals surface area contributed by atoms with Crippen molar-refractivity contribution < 1.29 is 19.8 Å². The molecule has 2 aliphatic rings. The number of phenolic OH excluding ortho intramolecular Hbond substituents is 1. The third kappa shape index (κ3) is 3.76. The highest BCUT2D eigenvalue weighted by Gasteiger charge is 2.49. The Kier molecular flexibility index (Phi) is 5.59. The molecule has 5 rings (SSSR count). The van der Waals surface area contributed by atoms with Gasteiger partial charge in [-0.25, -0.2) is 0 Å². The molecule has 2 N–H and O–H groups in total. The standard InChI is InChI=1S/C27H24ClNO4/c28-21-15-18(12-13-22(21)30)24-23(26(32)27(33)29(24)20-8-2-1-3-9-20)25(31)19-11-10-16-6-4-5-7-17(16)14-19/h4-7,10-15,20,24,30-31H,1-3,8-9H2/b25-23-. The maximum atomic E-state index is 13.3. The minimum absolute atomic E-state index is 0.0580. The van der Waals surface area contributed by atoms with Gasteiger partial charge in [0.2, 0.25) is 0 Å². The van der Waals surface area contributed by atoms with E-state index in [1.165, 1.54) is 6.07 Å². The molecule has 1 saturated carbocycles. The molecule has 3 aromatic carbocycles. The summed E-state index contributed by atoms with van der Waals surface area (Å²) in [5, 5.41) is 23.3. The number of aliphatic hydroxyl groups excluding tert-OH is 1. The molecule has 2 fully saturated rings. The number of rotatable bonds is 3. The average Bonchev–Trinajstić information content (AvgIpc) is 3.11. The second-order valence-corrected chi connectivity index (χ2v) is 9.18. The first kappa shape index (κ1) is 21.5. The second-order valence-electron chi connectivity index (χ2n) is 8.77. The zero-order chi connectivity index (χ0) is 23.1. The van der Waals surface area contributed by atoms with Gasteiger partial charge in [-0.3, -0.25) is 9.59 Å². The normalized spacial score (nSPS) is 21.1. The second kappa shape index (κ2) is 8.56. The van der Waals surface area contributed by atoms with Crippen LogP contribution in [0.1, 0.15) is 49.3 Å². The van der Waals surface area contributed by atoms with Crippen LogP contribution in [0, 0.1) is 0 Å². The van der Waals surface area contributed by atoms with Crippen molar-refractivity contribution >= 4 is 39.8 Å². The number of amides is 1. The molecule has 0 radical (unpaired) electrons. The SMILES string of the molecule is O=C1C(=O)N(C2CCCCC2)C(c2ccc(O)c(Cl)c2)/C1=C(/O)c1ccc2ccccc2c1. The largest absolute Gasteiger partial charge is 0.507 e. The fourth-order valence-corrected chi connectivity index (χ4v) is 5.29. The Morgan fingerprint density at radius 1 is 0.909 bits per heavy atom. The summed E-state index contributed by atoms with van der Waals surface area (Å²) in [7, 11) is 0. The zero-order valence-corrected chi connectivity index (χ0v) is 18.8. The van der Waals surface area contributed by atoms with Crippen LogP contribution in [0.4, 0.5) is 0 Å². The smallest absolute Gasteiger partial charge is 0.295 e. The van der Waals surface area contributed by atoms with Gasteiger partial charge in [0, 0.05) is 11.6 Å². The van der Waals surface area contributed by atoms with E-state index in [1.807, 2.05) is 36.4 Å². The van der Waals surface area contributed by atoms with Crippen molar-refractivity contribution in [3.63, 3.8) is 0 Å². The number of phenols is 1. The van der Waals surface area contributed by atoms with Crippen LogP contribution in [0.5, 0.6) is 5.75 Å². The van der Waals surface area contributed by atoms with Crippen molar-refractivity contribution in [2.45, 2.75) is 44.2 Å². The Morgan fingerprint density at radius 3 is 2.36 bits per heavy atom. The number of likely N-dealkylation sites (tertiary alicyclic amines) is 1. The minimum atomic E-state index is -0.766. The number of aromatic hydroxyl groups is 1. The summed E-state index contributed by atoms with van der Waals surface area (Å²) >= 11 is 6.19. The molecular formula is C27H24ClNO4. The van der Waals surface area contributed by atoms with Gasteiger partial charge in [-0.1, -0.05) is 73.3 Å². The minimum Gasteiger partial charge on any atom is -0.507 e. The molecule has 168 valence electrons. The van der Waals surface area contributed by atoms with Crippen LogP contribution in [0.3, 0.4) is 0 Å². The lowest BCUT2D eigenvalue weighted by Gasteiger charge is -2.35. The van der Waals surface area contributed by atoms with Gasteiger partial charge >= 0.3 is 0 Å². The topological polar surface area (TPSA) is 77.8 Å². The number of hydrogen-bond acceptors (Lipinski definition) is 4. The van der Waals surface area contributed by atoms with Crippen molar-refractivity contribution in [3.8, 4) is 5.75 Å². The maximum Gasteiger partial charge on any atom is 0.295 e. The van der Waals surface area contributed by atoms with E-state index >= 15 is 0 Å². The Balaban J connectivity index is 1.69. The molecule has 3 aromatic rings. The lowest BCUT2D eigenvalue weighted by Crippen LogP contribution is -2.40. The number of ketones is 1. The van der Waals surface area contributed by atoms with Crippen molar-refractivity contribution in [3.05, 3.63) is 82.4 Å². The van der Waals surface area contributed by atoms with Crippen molar-refractivity contribution in [2.24, 2.45) is 0 Å². The number of nitrogens with zero attached hydrogens (tertiary/aromatic N) is 1. The quantitative estimate of drug-likeness (QED) is 0.287. The van der Waals surface area contributed by atoms with E-state index < -0.39 is 17.7 Å². The number of Topliss-reactive ketones (excluding diaryl/α,β-unsaturated/α-hetero) is 1. The zero-order valence-electron chi connectivity index (χ0n) is 18.0. The summed E-state index contributed by atoms with van der Waals surface area (Å²) in [6, 6.07) is 17.0. The molecule has 1 aliphatic carbocycles. The van der Waals surface area contributed by atoms with Crippen molar-refractivity contribution in [1.29, 1.82) is 0 Å². The highest BCUT2D eigenvalue weighted by molar-refractivity contribution is 6.46. The molecule has 33 heavy (non-hydrogen) atoms. The van der Waals surface area contributed by atoms with Crippen LogP contribution in [0.25, 0.3) is 16.5 Å². The summed E-state index contributed by atoms with van der Waals surface area (Å²) in [5.74, 6) is -1.57. The first-order valence-electron chi connectivity index (χ1n) is 11.2. The Labute approximate surface area is 196 Å². The molecule has 6 heteroatoms. The van der Waals surface area contributed by atoms with Gasteiger partial charge in [-0.05, 0) is 47.4 Å². The molecule has 1 aliphatic heterocycles. The first-order chi connectivity index (χ1) is 16.0. The average molecular weight is 462 g/mol. The summed E-state index contributed by atoms with van der Waals surface area (Å²) < 4.78 is 0. The number of fused-ring (bicyclic) bond motifs is 1. The molecule has 1 heterocycles. The molecular weight excluding hydrogens is 438 g/mol. The van der Waals surface area contributed by atoms with Crippen LogP contribution < -0.4 is 0 Å². The van der Waals surface area contributed by atoms with E-state index in [0.717, 1.165) is 42.9 Å². The predicted molar refractivity (Wildman–Crippen MR) is 128 cm³/mol. The first-order valence-corrected chi connectivity index (χ1v) is 11.6. The molecule has 0 spiro atoms. The maximum absolute atomic E-state index is 13.3. The van der Waals surface area contributed by atoms with E-state index in [-0.39, 0.29) is 28.1 Å². The van der Waals surface area contributed by atoms with Gasteiger partial charge in [0.05, 0.1) is 16.6 Å². The highest BCUT2D eigenvalue weighted by atomic mass is 35.5. The van der Waals surface area contributed by atoms with Crippen LogP contribution in [0.2, 0.25) is 5.02 Å². The van der Waals surface area contributed by atoms with E-state index in [4.69, 9.17) is 11.6 Å². The molecule has 1 atom stereocenters. The fraction of sp³-hybridized carbons (Fsp3) is 0.259. The molecule has 1 unspecified atom stereocenters. The van der Waals surface area contributed by atoms with E-state index in [1.54, 1.807) is 23.1 Å². The van der Waals surface area contributed by atoms with E-state index in [2.05, 4.69) is 0 Å². The number of carbonyl (C=O) groups is 2. The molecule has 5 nitrogen and oxygen atoms in total. The van der Waals surface area contributed by atoms with Gasteiger partial charge in [0.25, 0.3) is 11.7 Å². The summed E-state index contributed by atoms with van der Waals surface area (Å²) in [6.07, 6.45) is 4.70. The molecule has 1 amide bonds. The lowest BCUT2D eigenvalue weighted by molar-refractivity contribution is -0.141. The summed E-state index contributed by atoms with van der Waals surface area (Å²) in [4.78, 5) is 28.2. The molecule has 1 saturated heterocycles. The summed E-state index contributed by atoms with van der Waals surface area (Å²) in [6.45, 7) is 0. The number of benzene rings is 3. The van der Waals surface area contributed by atoms with Crippen molar-refractivity contribution in [1.82, 2.24) is 4.90 Å². The van der Waals surface area contributed by atoms with Gasteiger partial charge in [-0.15, -0.1) is 0 Å². The van der Waals surface area contributed by atoms with E-state index in [9.17, 15) is 19.8 Å². The van der Waals surface area contributed by atoms with Gasteiger partial charge in [0.15, 0.2) is 0 Å². The Hall–Kier alpha value is -3.31. The third-order valence-corrected chi connectivity index (χ3v) is 7.06. The van der Waals surface area contributed by atoms with Crippen LogP contribution in [-0.2, 0) is 9.59 Å². The predicted octanol–water partition coefficient (Wildman–Crippen LogP) is 5.95. The highest BCUT2D eigenvalue weighted by Crippen LogP contribution is 2.44. The number of aliphatic hydroxyl groups is 1. The third-order valence-electron chi connectivity index (χ3n) is 6.76. The van der Waals surface area contributed by atoms with Crippen LogP contribution in [0.15, 0.2) is 66.2 Å². The van der Waals surface area contributed by atoms with Gasteiger partial charge in [-0.2, -0.15) is 0 Å². The monoisotopic (exact) mass is 461 g/mol. The van der Waals surface area contributed by atoms with E-state index in [0.29, 0.717) is 11.1 Å². The number of halogens is 1. The number of carbonyl (C=O) groups excluding carboxylic acids is 2. The Morgan fingerprint density at radius 2 is 1.64 bits per heavy atom. The lowest BCUT2D eigenvalue weighted by atomic mass is 9.90. The van der Waals surface area contributed by atoms with Crippen molar-refractivity contribution in [2.75, 3.05) is 0 Å².